The van der Waals surface area contributed by atoms with Crippen LogP contribution in [0.3, 0.4) is 0 Å². The third kappa shape index (κ3) is 3.64. The Labute approximate surface area is 158 Å². The zero-order valence-electron chi connectivity index (χ0n) is 15.2. The highest BCUT2D eigenvalue weighted by Crippen LogP contribution is 2.32. The zero-order chi connectivity index (χ0) is 18.8. The van der Waals surface area contributed by atoms with Crippen LogP contribution >= 0.6 is 11.6 Å². The smallest absolute Gasteiger partial charge is 0.254 e. The molecule has 2 aromatic rings. The van der Waals surface area contributed by atoms with Crippen molar-refractivity contribution >= 4 is 23.2 Å². The summed E-state index contributed by atoms with van der Waals surface area (Å²) in [6, 6.07) is 11.2. The quantitative estimate of drug-likeness (QED) is 0.832. The van der Waals surface area contributed by atoms with E-state index in [-0.39, 0.29) is 18.1 Å². The molecule has 0 saturated carbocycles. The van der Waals surface area contributed by atoms with E-state index in [0.29, 0.717) is 35.1 Å². The van der Waals surface area contributed by atoms with Crippen LogP contribution in [0.25, 0.3) is 0 Å². The van der Waals surface area contributed by atoms with Crippen LogP contribution in [0.15, 0.2) is 36.4 Å². The average molecular weight is 375 g/mol. The van der Waals surface area contributed by atoms with Crippen LogP contribution in [-0.4, -0.2) is 43.2 Å². The van der Waals surface area contributed by atoms with E-state index < -0.39 is 0 Å². The number of aryl methyl sites for hydroxylation is 2. The SMILES string of the molecule is CO[C@@H]1CN(C(=O)c2cc(C)ccc2C)C[C@H]1Oc1cccc(N)c1Cl. The Morgan fingerprint density at radius 2 is 1.92 bits per heavy atom. The Morgan fingerprint density at radius 3 is 2.65 bits per heavy atom. The molecule has 0 bridgehead atoms. The van der Waals surface area contributed by atoms with Gasteiger partial charge < -0.3 is 20.1 Å². The van der Waals surface area contributed by atoms with Gasteiger partial charge in [0, 0.05) is 12.7 Å². The number of carbonyl (C=O) groups excluding carboxylic acids is 1. The number of nitrogen functional groups attached to an aromatic ring is 1. The third-order valence-electron chi connectivity index (χ3n) is 4.70. The van der Waals surface area contributed by atoms with Crippen molar-refractivity contribution < 1.29 is 14.3 Å². The second kappa shape index (κ2) is 7.56. The minimum atomic E-state index is -0.312. The van der Waals surface area contributed by atoms with E-state index in [1.54, 1.807) is 30.2 Å². The number of ether oxygens (including phenoxy) is 2. The fourth-order valence-corrected chi connectivity index (χ4v) is 3.34. The van der Waals surface area contributed by atoms with Gasteiger partial charge in [-0.3, -0.25) is 4.79 Å². The number of anilines is 1. The van der Waals surface area contributed by atoms with Crippen molar-refractivity contribution in [1.29, 1.82) is 0 Å². The molecule has 138 valence electrons. The monoisotopic (exact) mass is 374 g/mol. The summed E-state index contributed by atoms with van der Waals surface area (Å²) in [6.45, 7) is 4.81. The molecule has 1 saturated heterocycles. The van der Waals surface area contributed by atoms with Crippen molar-refractivity contribution in [2.24, 2.45) is 0 Å². The zero-order valence-corrected chi connectivity index (χ0v) is 15.9. The molecule has 2 atom stereocenters. The summed E-state index contributed by atoms with van der Waals surface area (Å²) >= 11 is 6.22. The molecule has 1 heterocycles. The Hall–Kier alpha value is -2.24. The van der Waals surface area contributed by atoms with Gasteiger partial charge in [0.1, 0.15) is 23.0 Å². The summed E-state index contributed by atoms with van der Waals surface area (Å²) in [6.07, 6.45) is -0.546. The van der Waals surface area contributed by atoms with Gasteiger partial charge in [-0.25, -0.2) is 0 Å². The number of benzene rings is 2. The molecule has 26 heavy (non-hydrogen) atoms. The van der Waals surface area contributed by atoms with Gasteiger partial charge in [-0.1, -0.05) is 35.4 Å². The number of halogens is 1. The van der Waals surface area contributed by atoms with Crippen molar-refractivity contribution in [2.45, 2.75) is 26.1 Å². The van der Waals surface area contributed by atoms with Crippen LogP contribution in [0.1, 0.15) is 21.5 Å². The fourth-order valence-electron chi connectivity index (χ4n) is 3.17. The molecule has 2 N–H and O–H groups in total. The number of hydrogen-bond donors (Lipinski definition) is 1. The molecule has 3 rings (SSSR count). The van der Waals surface area contributed by atoms with Gasteiger partial charge >= 0.3 is 0 Å². The van der Waals surface area contributed by atoms with Gasteiger partial charge in [0.2, 0.25) is 0 Å². The van der Waals surface area contributed by atoms with Gasteiger partial charge in [0.25, 0.3) is 5.91 Å². The Morgan fingerprint density at radius 1 is 1.19 bits per heavy atom. The summed E-state index contributed by atoms with van der Waals surface area (Å²) in [5.41, 5.74) is 9.02. The van der Waals surface area contributed by atoms with E-state index in [1.807, 2.05) is 32.0 Å². The molecule has 6 heteroatoms. The number of rotatable bonds is 4. The van der Waals surface area contributed by atoms with Crippen molar-refractivity contribution in [2.75, 3.05) is 25.9 Å². The van der Waals surface area contributed by atoms with Crippen LogP contribution in [0.4, 0.5) is 5.69 Å². The van der Waals surface area contributed by atoms with Crippen LogP contribution in [0.5, 0.6) is 5.75 Å². The maximum atomic E-state index is 13.0. The summed E-state index contributed by atoms with van der Waals surface area (Å²) in [5.74, 6) is 0.484. The van der Waals surface area contributed by atoms with Crippen molar-refractivity contribution in [3.05, 3.63) is 58.1 Å². The number of methoxy groups -OCH3 is 1. The highest BCUT2D eigenvalue weighted by Gasteiger charge is 2.38. The molecule has 0 unspecified atom stereocenters. The van der Waals surface area contributed by atoms with Gasteiger partial charge in [0.15, 0.2) is 0 Å². The molecular weight excluding hydrogens is 352 g/mol. The summed E-state index contributed by atoms with van der Waals surface area (Å²) in [5, 5.41) is 0.377. The highest BCUT2D eigenvalue weighted by atomic mass is 35.5. The Bertz CT molecular complexity index is 825. The second-order valence-electron chi connectivity index (χ2n) is 6.62. The van der Waals surface area contributed by atoms with Crippen molar-refractivity contribution in [3.8, 4) is 5.75 Å². The van der Waals surface area contributed by atoms with Crippen LogP contribution in [-0.2, 0) is 4.74 Å². The number of nitrogens with zero attached hydrogens (tertiary/aromatic N) is 1. The normalized spacial score (nSPS) is 19.6. The molecule has 0 radical (unpaired) electrons. The maximum absolute atomic E-state index is 13.0. The van der Waals surface area contributed by atoms with Crippen LogP contribution in [0, 0.1) is 13.8 Å². The topological polar surface area (TPSA) is 64.8 Å². The highest BCUT2D eigenvalue weighted by molar-refractivity contribution is 6.34. The maximum Gasteiger partial charge on any atom is 0.254 e. The van der Waals surface area contributed by atoms with Crippen LogP contribution in [0.2, 0.25) is 5.02 Å². The van der Waals surface area contributed by atoms with E-state index in [4.69, 9.17) is 26.8 Å². The molecule has 1 aliphatic rings. The summed E-state index contributed by atoms with van der Waals surface area (Å²) < 4.78 is 11.6. The molecule has 0 spiro atoms. The first-order valence-electron chi connectivity index (χ1n) is 8.50. The van der Waals surface area contributed by atoms with E-state index >= 15 is 0 Å². The number of nitrogens with two attached hydrogens (primary N) is 1. The fraction of sp³-hybridized carbons (Fsp3) is 0.350. The lowest BCUT2D eigenvalue weighted by molar-refractivity contribution is 0.0340. The van der Waals surface area contributed by atoms with Gasteiger partial charge in [-0.2, -0.15) is 0 Å². The van der Waals surface area contributed by atoms with Gasteiger partial charge in [-0.05, 0) is 37.6 Å². The minimum Gasteiger partial charge on any atom is -0.484 e. The largest absolute Gasteiger partial charge is 0.484 e. The minimum absolute atomic E-state index is 0.0157. The van der Waals surface area contributed by atoms with Crippen molar-refractivity contribution in [3.63, 3.8) is 0 Å². The molecule has 2 aromatic carbocycles. The number of likely N-dealkylation sites (tertiary alicyclic amines) is 1. The first-order chi connectivity index (χ1) is 12.4. The van der Waals surface area contributed by atoms with Crippen LogP contribution < -0.4 is 10.5 Å². The molecule has 1 fully saturated rings. The molecule has 1 amide bonds. The van der Waals surface area contributed by atoms with E-state index in [1.165, 1.54) is 0 Å². The van der Waals surface area contributed by atoms with Gasteiger partial charge in [0.05, 0.1) is 18.8 Å². The van der Waals surface area contributed by atoms with Crippen molar-refractivity contribution in [1.82, 2.24) is 4.90 Å². The molecule has 5 nitrogen and oxygen atoms in total. The molecule has 0 aliphatic carbocycles. The molecule has 1 aliphatic heterocycles. The van der Waals surface area contributed by atoms with Gasteiger partial charge in [-0.15, -0.1) is 0 Å². The predicted octanol–water partition coefficient (Wildman–Crippen LogP) is 3.46. The Balaban J connectivity index is 1.79. The lowest BCUT2D eigenvalue weighted by Gasteiger charge is -2.20. The van der Waals surface area contributed by atoms with E-state index in [9.17, 15) is 4.79 Å². The first-order valence-corrected chi connectivity index (χ1v) is 8.88. The number of carbonyl (C=O) groups is 1. The summed E-state index contributed by atoms with van der Waals surface area (Å²) in [7, 11) is 1.62. The average Bonchev–Trinajstić information content (AvgIpc) is 3.03. The predicted molar refractivity (Wildman–Crippen MR) is 103 cm³/mol. The second-order valence-corrected chi connectivity index (χ2v) is 7.00. The number of amides is 1. The lowest BCUT2D eigenvalue weighted by Crippen LogP contribution is -2.32. The molecular formula is C20H23ClN2O3. The number of hydrogen-bond acceptors (Lipinski definition) is 4. The lowest BCUT2D eigenvalue weighted by atomic mass is 10.0. The summed E-state index contributed by atoms with van der Waals surface area (Å²) in [4.78, 5) is 14.7. The van der Waals surface area contributed by atoms with E-state index in [0.717, 1.165) is 11.1 Å². The molecule has 0 aromatic heterocycles. The Kier molecular flexibility index (Phi) is 5.39. The third-order valence-corrected chi connectivity index (χ3v) is 5.10. The van der Waals surface area contributed by atoms with E-state index in [2.05, 4.69) is 0 Å². The standard InChI is InChI=1S/C20H23ClN2O3/c1-12-7-8-13(2)14(9-12)20(24)23-10-17(25-3)18(11-23)26-16-6-4-5-15(22)19(16)21/h4-9,17-18H,10-11,22H2,1-3H3/t17-,18-/m1/s1. The first kappa shape index (κ1) is 18.5.